The van der Waals surface area contributed by atoms with Gasteiger partial charge < -0.3 is 9.13 Å². The average molecular weight is 595 g/mol. The van der Waals surface area contributed by atoms with Gasteiger partial charge in [-0.15, -0.1) is 0 Å². The maximum absolute atomic E-state index is 14.8. The molecule has 0 saturated heterocycles. The molecule has 4 heteroatoms. The zero-order chi connectivity index (χ0) is 30.5. The van der Waals surface area contributed by atoms with Crippen LogP contribution in [-0.2, 0) is 0 Å². The Balaban J connectivity index is 1.44. The largest absolute Gasteiger partial charge is 0.309 e. The highest BCUT2D eigenvalue weighted by molar-refractivity contribution is 6.29. The number of benzene rings is 8. The lowest BCUT2D eigenvalue weighted by atomic mass is 9.93. The van der Waals surface area contributed by atoms with Crippen molar-refractivity contribution >= 4 is 75.9 Å². The second-order valence-corrected chi connectivity index (χ2v) is 12.0. The number of hydrogen-bond donors (Lipinski definition) is 0. The second kappa shape index (κ2) is 9.26. The molecule has 2 heterocycles. The molecule has 0 bridgehead atoms. The smallest absolute Gasteiger partial charge is 0.123 e. The molecule has 0 radical (unpaired) electrons. The standard InChI is InChI=1S/C42H24F2N2/c43-25-17-19-28-30-13-8-16-38(40(30)31-20-18-26(44)24-35(31)34(28)23-25)46-37-15-7-5-12-33(37)41-39(46)22-21-32-29-11-4-6-14-36(29)45(42(32)41)27-9-2-1-3-10-27/h1-24H. The third kappa shape index (κ3) is 3.33. The molecule has 0 aliphatic carbocycles. The molecule has 8 aromatic carbocycles. The van der Waals surface area contributed by atoms with Crippen LogP contribution in [0, 0.1) is 11.6 Å². The minimum absolute atomic E-state index is 0.339. The summed E-state index contributed by atoms with van der Waals surface area (Å²) in [6.45, 7) is 0. The van der Waals surface area contributed by atoms with Gasteiger partial charge in [0.2, 0.25) is 0 Å². The van der Waals surface area contributed by atoms with Crippen molar-refractivity contribution < 1.29 is 8.78 Å². The Bertz CT molecular complexity index is 2880. The molecule has 0 amide bonds. The van der Waals surface area contributed by atoms with Crippen molar-refractivity contribution in [3.05, 3.63) is 157 Å². The van der Waals surface area contributed by atoms with Gasteiger partial charge >= 0.3 is 0 Å². The zero-order valence-electron chi connectivity index (χ0n) is 24.5. The number of para-hydroxylation sites is 3. The first-order valence-corrected chi connectivity index (χ1v) is 15.4. The summed E-state index contributed by atoms with van der Waals surface area (Å²) in [5.74, 6) is -0.684. The van der Waals surface area contributed by atoms with Gasteiger partial charge in [-0.3, -0.25) is 0 Å². The van der Waals surface area contributed by atoms with E-state index in [0.717, 1.165) is 60.4 Å². The topological polar surface area (TPSA) is 9.86 Å². The van der Waals surface area contributed by atoms with Gasteiger partial charge in [0.1, 0.15) is 11.6 Å². The van der Waals surface area contributed by atoms with E-state index >= 15 is 0 Å². The molecule has 10 rings (SSSR count). The summed E-state index contributed by atoms with van der Waals surface area (Å²) in [5.41, 5.74) is 6.58. The van der Waals surface area contributed by atoms with Crippen LogP contribution in [0.3, 0.4) is 0 Å². The maximum Gasteiger partial charge on any atom is 0.123 e. The Labute approximate surface area is 261 Å². The number of aromatic nitrogens is 2. The Morgan fingerprint density at radius 2 is 0.935 bits per heavy atom. The molecule has 0 aliphatic rings. The van der Waals surface area contributed by atoms with Crippen molar-refractivity contribution in [3.8, 4) is 11.4 Å². The maximum atomic E-state index is 14.8. The zero-order valence-corrected chi connectivity index (χ0v) is 24.5. The number of halogens is 2. The predicted octanol–water partition coefficient (Wildman–Crippen LogP) is 11.6. The first-order valence-electron chi connectivity index (χ1n) is 15.4. The SMILES string of the molecule is Fc1ccc2c(c1)c1cc(F)ccc1c1c(-n3c4ccccc4c4c3ccc3c5ccccc5n(-c5ccccc5)c34)cccc21. The molecule has 0 fully saturated rings. The van der Waals surface area contributed by atoms with Crippen LogP contribution in [0.25, 0.3) is 87.3 Å². The summed E-state index contributed by atoms with van der Waals surface area (Å²) in [6, 6.07) is 48.1. The Morgan fingerprint density at radius 1 is 0.348 bits per heavy atom. The molecule has 0 aliphatic heterocycles. The van der Waals surface area contributed by atoms with E-state index in [4.69, 9.17) is 0 Å². The summed E-state index contributed by atoms with van der Waals surface area (Å²) < 4.78 is 34.1. The number of rotatable bonds is 2. The van der Waals surface area contributed by atoms with E-state index in [2.05, 4.69) is 112 Å². The third-order valence-electron chi connectivity index (χ3n) is 9.58. The fraction of sp³-hybridized carbons (Fsp3) is 0. The third-order valence-corrected chi connectivity index (χ3v) is 9.58. The molecule has 2 nitrogen and oxygen atoms in total. The van der Waals surface area contributed by atoms with E-state index in [9.17, 15) is 8.78 Å². The first kappa shape index (κ1) is 25.3. The fourth-order valence-corrected chi connectivity index (χ4v) is 7.78. The van der Waals surface area contributed by atoms with E-state index in [1.807, 2.05) is 18.2 Å². The van der Waals surface area contributed by atoms with Crippen LogP contribution < -0.4 is 0 Å². The van der Waals surface area contributed by atoms with Gasteiger partial charge in [-0.1, -0.05) is 84.9 Å². The van der Waals surface area contributed by atoms with Crippen LogP contribution >= 0.6 is 0 Å². The minimum atomic E-state index is -0.345. The van der Waals surface area contributed by atoms with Gasteiger partial charge in [-0.25, -0.2) is 8.78 Å². The van der Waals surface area contributed by atoms with Crippen molar-refractivity contribution in [3.63, 3.8) is 0 Å². The van der Waals surface area contributed by atoms with E-state index in [1.54, 1.807) is 0 Å². The summed E-state index contributed by atoms with van der Waals surface area (Å²) in [7, 11) is 0. The van der Waals surface area contributed by atoms with E-state index < -0.39 is 0 Å². The highest BCUT2D eigenvalue weighted by atomic mass is 19.1. The molecule has 46 heavy (non-hydrogen) atoms. The normalized spacial score (nSPS) is 12.1. The molecule has 0 spiro atoms. The fourth-order valence-electron chi connectivity index (χ4n) is 7.78. The van der Waals surface area contributed by atoms with Crippen molar-refractivity contribution in [2.45, 2.75) is 0 Å². The summed E-state index contributed by atoms with van der Waals surface area (Å²) >= 11 is 0. The number of fused-ring (bicyclic) bond motifs is 13. The van der Waals surface area contributed by atoms with Crippen molar-refractivity contribution in [2.75, 3.05) is 0 Å². The van der Waals surface area contributed by atoms with Crippen molar-refractivity contribution in [2.24, 2.45) is 0 Å². The van der Waals surface area contributed by atoms with Crippen molar-refractivity contribution in [1.82, 2.24) is 9.13 Å². The number of hydrogen-bond acceptors (Lipinski definition) is 0. The van der Waals surface area contributed by atoms with Crippen LogP contribution in [-0.4, -0.2) is 9.13 Å². The lowest BCUT2D eigenvalue weighted by Gasteiger charge is -2.16. The Hall–Kier alpha value is -6.00. The van der Waals surface area contributed by atoms with E-state index in [-0.39, 0.29) is 11.6 Å². The Morgan fingerprint density at radius 3 is 1.72 bits per heavy atom. The lowest BCUT2D eigenvalue weighted by molar-refractivity contribution is 0.628. The highest BCUT2D eigenvalue weighted by Gasteiger charge is 2.22. The second-order valence-electron chi connectivity index (χ2n) is 12.0. The molecule has 0 saturated carbocycles. The van der Waals surface area contributed by atoms with Gasteiger partial charge in [0.15, 0.2) is 0 Å². The molecular weight excluding hydrogens is 570 g/mol. The first-order chi connectivity index (χ1) is 22.7. The van der Waals surface area contributed by atoms with E-state index in [0.29, 0.717) is 10.8 Å². The van der Waals surface area contributed by atoms with Crippen molar-refractivity contribution in [1.29, 1.82) is 0 Å². The van der Waals surface area contributed by atoms with Crippen LogP contribution in [0.2, 0.25) is 0 Å². The molecule has 216 valence electrons. The van der Waals surface area contributed by atoms with Crippen LogP contribution in [0.4, 0.5) is 8.78 Å². The van der Waals surface area contributed by atoms with Gasteiger partial charge in [-0.05, 0) is 87.6 Å². The average Bonchev–Trinajstić information content (AvgIpc) is 3.61. The number of nitrogens with zero attached hydrogens (tertiary/aromatic N) is 2. The van der Waals surface area contributed by atoms with Crippen LogP contribution in [0.5, 0.6) is 0 Å². The molecule has 0 N–H and O–H groups in total. The Kier molecular flexibility index (Phi) is 5.10. The van der Waals surface area contributed by atoms with Gasteiger partial charge in [-0.2, -0.15) is 0 Å². The predicted molar refractivity (Wildman–Crippen MR) is 188 cm³/mol. The van der Waals surface area contributed by atoms with Gasteiger partial charge in [0.25, 0.3) is 0 Å². The monoisotopic (exact) mass is 594 g/mol. The molecule has 2 aromatic heterocycles. The summed E-state index contributed by atoms with van der Waals surface area (Å²) in [6.07, 6.45) is 0. The summed E-state index contributed by atoms with van der Waals surface area (Å²) in [5, 5.41) is 9.90. The molecular formula is C42H24F2N2. The lowest BCUT2D eigenvalue weighted by Crippen LogP contribution is -1.97. The van der Waals surface area contributed by atoms with Crippen LogP contribution in [0.15, 0.2) is 146 Å². The highest BCUT2D eigenvalue weighted by Crippen LogP contribution is 2.44. The molecule has 0 atom stereocenters. The molecule has 0 unspecified atom stereocenters. The summed E-state index contributed by atoms with van der Waals surface area (Å²) in [4.78, 5) is 0. The quantitative estimate of drug-likeness (QED) is 0.176. The van der Waals surface area contributed by atoms with Gasteiger partial charge in [0, 0.05) is 32.6 Å². The minimum Gasteiger partial charge on any atom is -0.309 e. The molecule has 10 aromatic rings. The van der Waals surface area contributed by atoms with E-state index in [1.165, 1.54) is 40.4 Å². The van der Waals surface area contributed by atoms with Crippen LogP contribution in [0.1, 0.15) is 0 Å². The van der Waals surface area contributed by atoms with Gasteiger partial charge in [0.05, 0.1) is 27.8 Å².